The highest BCUT2D eigenvalue weighted by Crippen LogP contribution is 2.36. The number of nitrogens with zero attached hydrogens (tertiary/aromatic N) is 2. The Balaban J connectivity index is 1.78. The Morgan fingerprint density at radius 3 is 2.79 bits per heavy atom. The number of rotatable bonds is 3. The number of halogens is 1. The van der Waals surface area contributed by atoms with Crippen LogP contribution < -0.4 is 5.32 Å². The molecule has 124 valence electrons. The maximum Gasteiger partial charge on any atom is 0.322 e. The van der Waals surface area contributed by atoms with Gasteiger partial charge in [-0.1, -0.05) is 35.9 Å². The highest BCUT2D eigenvalue weighted by Gasteiger charge is 2.31. The van der Waals surface area contributed by atoms with Crippen LogP contribution >= 0.6 is 11.6 Å². The number of likely N-dealkylation sites (tertiary alicyclic amines) is 1. The van der Waals surface area contributed by atoms with Crippen molar-refractivity contribution in [2.45, 2.75) is 18.9 Å². The van der Waals surface area contributed by atoms with Gasteiger partial charge in [-0.05, 0) is 30.5 Å². The SMILES string of the molecule is O=C(Nc1cccc([N+](=O)[O-])c1)N1CCC[C@@H]1c1ccccc1Cl. The van der Waals surface area contributed by atoms with E-state index in [1.165, 1.54) is 12.1 Å². The van der Waals surface area contributed by atoms with Crippen molar-refractivity contribution in [2.75, 3.05) is 11.9 Å². The fraction of sp³-hybridized carbons (Fsp3) is 0.235. The van der Waals surface area contributed by atoms with Gasteiger partial charge in [-0.3, -0.25) is 10.1 Å². The van der Waals surface area contributed by atoms with Crippen LogP contribution in [0.5, 0.6) is 0 Å². The van der Waals surface area contributed by atoms with Gasteiger partial charge in [0.15, 0.2) is 0 Å². The molecule has 24 heavy (non-hydrogen) atoms. The topological polar surface area (TPSA) is 75.5 Å². The molecule has 0 aliphatic carbocycles. The number of amides is 2. The van der Waals surface area contributed by atoms with Gasteiger partial charge in [0.05, 0.1) is 11.0 Å². The second-order valence-corrected chi connectivity index (χ2v) is 6.02. The van der Waals surface area contributed by atoms with Crippen LogP contribution in [0.4, 0.5) is 16.2 Å². The number of nitrogens with one attached hydrogen (secondary N) is 1. The molecule has 2 aromatic rings. The van der Waals surface area contributed by atoms with Gasteiger partial charge >= 0.3 is 6.03 Å². The number of nitro groups is 1. The lowest BCUT2D eigenvalue weighted by Crippen LogP contribution is -2.34. The second kappa shape index (κ2) is 6.88. The maximum atomic E-state index is 12.6. The molecular formula is C17H16ClN3O3. The Morgan fingerprint density at radius 2 is 2.04 bits per heavy atom. The van der Waals surface area contributed by atoms with E-state index in [1.54, 1.807) is 17.0 Å². The minimum absolute atomic E-state index is 0.0584. The van der Waals surface area contributed by atoms with E-state index in [1.807, 2.05) is 24.3 Å². The van der Waals surface area contributed by atoms with Crippen molar-refractivity contribution in [2.24, 2.45) is 0 Å². The molecule has 1 saturated heterocycles. The van der Waals surface area contributed by atoms with Gasteiger partial charge in [-0.15, -0.1) is 0 Å². The summed E-state index contributed by atoms with van der Waals surface area (Å²) in [5.74, 6) is 0. The van der Waals surface area contributed by atoms with Crippen molar-refractivity contribution in [3.05, 3.63) is 69.2 Å². The average Bonchev–Trinajstić information content (AvgIpc) is 3.05. The summed E-state index contributed by atoms with van der Waals surface area (Å²) in [5, 5.41) is 14.2. The summed E-state index contributed by atoms with van der Waals surface area (Å²) in [6.45, 7) is 0.622. The van der Waals surface area contributed by atoms with Crippen molar-refractivity contribution in [3.8, 4) is 0 Å². The first-order chi connectivity index (χ1) is 11.6. The van der Waals surface area contributed by atoms with E-state index in [0.717, 1.165) is 18.4 Å². The Morgan fingerprint density at radius 1 is 1.25 bits per heavy atom. The molecule has 0 unspecified atom stereocenters. The van der Waals surface area contributed by atoms with Crippen LogP contribution in [-0.4, -0.2) is 22.4 Å². The van der Waals surface area contributed by atoms with Crippen molar-refractivity contribution >= 4 is 29.0 Å². The molecule has 2 aromatic carbocycles. The third-order valence-electron chi connectivity index (χ3n) is 4.09. The summed E-state index contributed by atoms with van der Waals surface area (Å²) in [5.41, 5.74) is 1.27. The number of hydrogen-bond acceptors (Lipinski definition) is 3. The summed E-state index contributed by atoms with van der Waals surface area (Å²) in [6, 6.07) is 13.0. The first kappa shape index (κ1) is 16.3. The Kier molecular flexibility index (Phi) is 4.66. The van der Waals surface area contributed by atoms with E-state index in [9.17, 15) is 14.9 Å². The third kappa shape index (κ3) is 3.33. The van der Waals surface area contributed by atoms with Gasteiger partial charge in [0.25, 0.3) is 5.69 Å². The summed E-state index contributed by atoms with van der Waals surface area (Å²) >= 11 is 6.26. The zero-order valence-electron chi connectivity index (χ0n) is 12.8. The highest BCUT2D eigenvalue weighted by atomic mass is 35.5. The fourth-order valence-electron chi connectivity index (χ4n) is 2.97. The van der Waals surface area contributed by atoms with Crippen molar-refractivity contribution in [1.29, 1.82) is 0 Å². The number of benzene rings is 2. The van der Waals surface area contributed by atoms with E-state index in [4.69, 9.17) is 11.6 Å². The zero-order valence-corrected chi connectivity index (χ0v) is 13.6. The summed E-state index contributed by atoms with van der Waals surface area (Å²) in [7, 11) is 0. The van der Waals surface area contributed by atoms with Crippen LogP contribution in [0.25, 0.3) is 0 Å². The van der Waals surface area contributed by atoms with Crippen LogP contribution in [-0.2, 0) is 0 Å². The van der Waals surface area contributed by atoms with Crippen LogP contribution in [0, 0.1) is 10.1 Å². The molecular weight excluding hydrogens is 330 g/mol. The van der Waals surface area contributed by atoms with Gasteiger partial charge in [-0.25, -0.2) is 4.79 Å². The van der Waals surface area contributed by atoms with Crippen molar-refractivity contribution < 1.29 is 9.72 Å². The van der Waals surface area contributed by atoms with Gasteiger partial charge in [0, 0.05) is 29.4 Å². The molecule has 3 rings (SSSR count). The lowest BCUT2D eigenvalue weighted by molar-refractivity contribution is -0.384. The zero-order chi connectivity index (χ0) is 17.1. The molecule has 1 N–H and O–H groups in total. The van der Waals surface area contributed by atoms with Gasteiger partial charge in [0.2, 0.25) is 0 Å². The number of anilines is 1. The molecule has 2 amide bonds. The van der Waals surface area contributed by atoms with E-state index < -0.39 is 4.92 Å². The van der Waals surface area contributed by atoms with Crippen LogP contribution in [0.15, 0.2) is 48.5 Å². The first-order valence-electron chi connectivity index (χ1n) is 7.63. The molecule has 1 aliphatic heterocycles. The first-order valence-corrected chi connectivity index (χ1v) is 8.00. The number of nitro benzene ring substituents is 1. The van der Waals surface area contributed by atoms with Crippen LogP contribution in [0.2, 0.25) is 5.02 Å². The monoisotopic (exact) mass is 345 g/mol. The molecule has 1 atom stereocenters. The largest absolute Gasteiger partial charge is 0.322 e. The molecule has 0 spiro atoms. The Bertz CT molecular complexity index is 781. The minimum Gasteiger partial charge on any atom is -0.317 e. The summed E-state index contributed by atoms with van der Waals surface area (Å²) in [4.78, 5) is 24.7. The Hall–Kier alpha value is -2.60. The molecule has 1 aliphatic rings. The lowest BCUT2D eigenvalue weighted by atomic mass is 10.0. The van der Waals surface area contributed by atoms with E-state index in [0.29, 0.717) is 17.3 Å². The van der Waals surface area contributed by atoms with Gasteiger partial charge in [0.1, 0.15) is 0 Å². The predicted octanol–water partition coefficient (Wildman–Crippen LogP) is 4.62. The predicted molar refractivity (Wildman–Crippen MR) is 92.2 cm³/mol. The van der Waals surface area contributed by atoms with Crippen LogP contribution in [0.1, 0.15) is 24.4 Å². The van der Waals surface area contributed by atoms with Gasteiger partial charge < -0.3 is 10.2 Å². The summed E-state index contributed by atoms with van der Waals surface area (Å²) < 4.78 is 0. The molecule has 0 aromatic heterocycles. The second-order valence-electron chi connectivity index (χ2n) is 5.61. The highest BCUT2D eigenvalue weighted by molar-refractivity contribution is 6.31. The molecule has 1 heterocycles. The average molecular weight is 346 g/mol. The van der Waals surface area contributed by atoms with Crippen LogP contribution in [0.3, 0.4) is 0 Å². The fourth-order valence-corrected chi connectivity index (χ4v) is 3.23. The Labute approximate surface area is 144 Å². The summed E-state index contributed by atoms with van der Waals surface area (Å²) in [6.07, 6.45) is 1.73. The van der Waals surface area contributed by atoms with E-state index >= 15 is 0 Å². The molecule has 0 saturated carbocycles. The van der Waals surface area contributed by atoms with E-state index in [-0.39, 0.29) is 17.8 Å². The normalized spacial score (nSPS) is 16.9. The number of non-ortho nitro benzene ring substituents is 1. The van der Waals surface area contributed by atoms with Crippen molar-refractivity contribution in [1.82, 2.24) is 4.90 Å². The minimum atomic E-state index is -0.488. The molecule has 0 bridgehead atoms. The number of carbonyl (C=O) groups excluding carboxylic acids is 1. The molecule has 7 heteroatoms. The number of hydrogen-bond donors (Lipinski definition) is 1. The molecule has 0 radical (unpaired) electrons. The lowest BCUT2D eigenvalue weighted by Gasteiger charge is -2.26. The quantitative estimate of drug-likeness (QED) is 0.651. The van der Waals surface area contributed by atoms with Crippen molar-refractivity contribution in [3.63, 3.8) is 0 Å². The molecule has 1 fully saturated rings. The maximum absolute atomic E-state index is 12.6. The van der Waals surface area contributed by atoms with E-state index in [2.05, 4.69) is 5.32 Å². The smallest absolute Gasteiger partial charge is 0.317 e. The molecule has 6 nitrogen and oxygen atoms in total. The van der Waals surface area contributed by atoms with Gasteiger partial charge in [-0.2, -0.15) is 0 Å². The number of urea groups is 1. The third-order valence-corrected chi connectivity index (χ3v) is 4.43. The number of carbonyl (C=O) groups is 1. The standard InChI is InChI=1S/C17H16ClN3O3/c18-15-8-2-1-7-14(15)16-9-4-10-20(16)17(22)19-12-5-3-6-13(11-12)21(23)24/h1-3,5-8,11,16H,4,9-10H2,(H,19,22)/t16-/m1/s1.